The van der Waals surface area contributed by atoms with Gasteiger partial charge in [-0.25, -0.2) is 0 Å². The molecule has 0 fully saturated rings. The number of rotatable bonds is 3. The van der Waals surface area contributed by atoms with Crippen molar-refractivity contribution >= 4 is 22.7 Å². The second-order valence-corrected chi connectivity index (χ2v) is 3.55. The molecular weight excluding hydrogens is 186 g/mol. The molecule has 0 atom stereocenters. The zero-order valence-electron chi connectivity index (χ0n) is 8.68. The number of likely N-dealkylation sites (N-methyl/N-ethyl adjacent to an activating group) is 1. The van der Waals surface area contributed by atoms with Crippen molar-refractivity contribution in [3.8, 4) is 0 Å². The van der Waals surface area contributed by atoms with E-state index in [4.69, 9.17) is 0 Å². The molecule has 0 aliphatic heterocycles. The summed E-state index contributed by atoms with van der Waals surface area (Å²) in [4.78, 5) is 12.4. The molecule has 0 spiro atoms. The van der Waals surface area contributed by atoms with E-state index in [1.807, 2.05) is 36.2 Å². The van der Waals surface area contributed by atoms with E-state index < -0.39 is 0 Å². The van der Waals surface area contributed by atoms with E-state index in [0.717, 1.165) is 12.0 Å². The van der Waals surface area contributed by atoms with Crippen LogP contribution in [0.15, 0.2) is 42.5 Å². The molecule has 0 bridgehead atoms. The van der Waals surface area contributed by atoms with Gasteiger partial charge in [-0.15, -0.1) is 0 Å². The average Bonchev–Trinajstić information content (AvgIpc) is 2.28. The maximum atomic E-state index is 10.5. The molecule has 76 valence electrons. The summed E-state index contributed by atoms with van der Waals surface area (Å²) in [5, 5.41) is 2.39. The summed E-state index contributed by atoms with van der Waals surface area (Å²) in [6, 6.07) is 14.3. The number of hydrogen-bond acceptors (Lipinski definition) is 2. The van der Waals surface area contributed by atoms with Gasteiger partial charge in [0.2, 0.25) is 0 Å². The minimum atomic E-state index is 0.425. The molecule has 0 amide bonds. The number of carbonyl (C=O) groups is 1. The lowest BCUT2D eigenvalue weighted by Crippen LogP contribution is -2.19. The van der Waals surface area contributed by atoms with Gasteiger partial charge >= 0.3 is 0 Å². The zero-order valence-corrected chi connectivity index (χ0v) is 8.68. The average molecular weight is 199 g/mol. The van der Waals surface area contributed by atoms with Gasteiger partial charge in [-0.2, -0.15) is 0 Å². The summed E-state index contributed by atoms with van der Waals surface area (Å²) in [5.74, 6) is 0. The van der Waals surface area contributed by atoms with E-state index in [2.05, 4.69) is 18.2 Å². The molecule has 0 unspecified atom stereocenters. The van der Waals surface area contributed by atoms with E-state index in [0.29, 0.717) is 6.54 Å². The summed E-state index contributed by atoms with van der Waals surface area (Å²) in [5.41, 5.74) is 1.10. The quantitative estimate of drug-likeness (QED) is 0.708. The van der Waals surface area contributed by atoms with Gasteiger partial charge in [0.25, 0.3) is 0 Å². The van der Waals surface area contributed by atoms with Crippen molar-refractivity contribution in [2.24, 2.45) is 0 Å². The van der Waals surface area contributed by atoms with Crippen molar-refractivity contribution in [1.29, 1.82) is 0 Å². The fraction of sp³-hybridized carbons (Fsp3) is 0.154. The van der Waals surface area contributed by atoms with Gasteiger partial charge in [0.05, 0.1) is 6.54 Å². The van der Waals surface area contributed by atoms with E-state index in [9.17, 15) is 4.79 Å². The second-order valence-electron chi connectivity index (χ2n) is 3.55. The van der Waals surface area contributed by atoms with Crippen molar-refractivity contribution in [3.05, 3.63) is 42.5 Å². The van der Waals surface area contributed by atoms with E-state index >= 15 is 0 Å². The van der Waals surface area contributed by atoms with Crippen LogP contribution in [0, 0.1) is 0 Å². The SMILES string of the molecule is CN(CC=O)c1cccc2ccccc12. The number of benzene rings is 2. The molecule has 2 aromatic rings. The maximum absolute atomic E-state index is 10.5. The molecule has 0 aliphatic rings. The summed E-state index contributed by atoms with van der Waals surface area (Å²) < 4.78 is 0. The van der Waals surface area contributed by atoms with Crippen molar-refractivity contribution in [1.82, 2.24) is 0 Å². The highest BCUT2D eigenvalue weighted by atomic mass is 16.1. The highest BCUT2D eigenvalue weighted by molar-refractivity contribution is 5.94. The summed E-state index contributed by atoms with van der Waals surface area (Å²) in [6.45, 7) is 0.425. The lowest BCUT2D eigenvalue weighted by Gasteiger charge is -2.18. The molecule has 0 saturated heterocycles. The van der Waals surface area contributed by atoms with Gasteiger partial charge in [-0.1, -0.05) is 36.4 Å². The summed E-state index contributed by atoms with van der Waals surface area (Å²) >= 11 is 0. The molecule has 0 aromatic heterocycles. The molecule has 0 heterocycles. The highest BCUT2D eigenvalue weighted by Gasteiger charge is 2.03. The van der Waals surface area contributed by atoms with Gasteiger partial charge in [-0.3, -0.25) is 0 Å². The van der Waals surface area contributed by atoms with E-state index in [1.165, 1.54) is 10.8 Å². The number of nitrogens with zero attached hydrogens (tertiary/aromatic N) is 1. The van der Waals surface area contributed by atoms with Gasteiger partial charge in [0.15, 0.2) is 0 Å². The van der Waals surface area contributed by atoms with Crippen LogP contribution in [-0.2, 0) is 4.79 Å². The predicted octanol–water partition coefficient (Wildman–Crippen LogP) is 2.47. The highest BCUT2D eigenvalue weighted by Crippen LogP contribution is 2.25. The third kappa shape index (κ3) is 1.84. The van der Waals surface area contributed by atoms with Gasteiger partial charge < -0.3 is 9.69 Å². The van der Waals surface area contributed by atoms with Crippen LogP contribution >= 0.6 is 0 Å². The Labute approximate surface area is 89.1 Å². The van der Waals surface area contributed by atoms with Gasteiger partial charge in [0.1, 0.15) is 6.29 Å². The minimum absolute atomic E-state index is 0.425. The van der Waals surface area contributed by atoms with E-state index in [1.54, 1.807) is 0 Å². The van der Waals surface area contributed by atoms with E-state index in [-0.39, 0.29) is 0 Å². The van der Waals surface area contributed by atoms with Crippen molar-refractivity contribution in [2.75, 3.05) is 18.5 Å². The third-order valence-corrected chi connectivity index (χ3v) is 2.53. The fourth-order valence-electron chi connectivity index (χ4n) is 1.75. The van der Waals surface area contributed by atoms with Gasteiger partial charge in [-0.05, 0) is 11.5 Å². The third-order valence-electron chi connectivity index (χ3n) is 2.53. The van der Waals surface area contributed by atoms with Crippen LogP contribution in [0.4, 0.5) is 5.69 Å². The maximum Gasteiger partial charge on any atom is 0.139 e. The topological polar surface area (TPSA) is 20.3 Å². The number of anilines is 1. The Hall–Kier alpha value is -1.83. The molecular formula is C13H13NO. The van der Waals surface area contributed by atoms with Crippen LogP contribution in [0.3, 0.4) is 0 Å². The van der Waals surface area contributed by atoms with Gasteiger partial charge in [0, 0.05) is 18.1 Å². The Bertz CT molecular complexity index is 473. The normalized spacial score (nSPS) is 10.2. The zero-order chi connectivity index (χ0) is 10.7. The summed E-state index contributed by atoms with van der Waals surface area (Å²) in [7, 11) is 1.93. The first-order valence-corrected chi connectivity index (χ1v) is 4.95. The molecule has 2 rings (SSSR count). The molecule has 15 heavy (non-hydrogen) atoms. The Morgan fingerprint density at radius 2 is 1.87 bits per heavy atom. The molecule has 0 radical (unpaired) electrons. The number of fused-ring (bicyclic) bond motifs is 1. The molecule has 0 N–H and O–H groups in total. The number of hydrogen-bond donors (Lipinski definition) is 0. The largest absolute Gasteiger partial charge is 0.367 e. The number of aldehydes is 1. The Morgan fingerprint density at radius 1 is 1.13 bits per heavy atom. The molecule has 0 aliphatic carbocycles. The standard InChI is InChI=1S/C13H13NO/c1-14(9-10-15)13-8-4-6-11-5-2-3-7-12(11)13/h2-8,10H,9H2,1H3. The molecule has 2 nitrogen and oxygen atoms in total. The molecule has 2 heteroatoms. The first-order chi connectivity index (χ1) is 7.33. The van der Waals surface area contributed by atoms with Crippen LogP contribution in [0.25, 0.3) is 10.8 Å². The van der Waals surface area contributed by atoms with Crippen LogP contribution in [0.1, 0.15) is 0 Å². The van der Waals surface area contributed by atoms with Crippen molar-refractivity contribution in [2.45, 2.75) is 0 Å². The van der Waals surface area contributed by atoms with Crippen LogP contribution in [-0.4, -0.2) is 19.9 Å². The molecule has 0 saturated carbocycles. The molecule has 2 aromatic carbocycles. The Balaban J connectivity index is 2.55. The van der Waals surface area contributed by atoms with Crippen molar-refractivity contribution in [3.63, 3.8) is 0 Å². The summed E-state index contributed by atoms with van der Waals surface area (Å²) in [6.07, 6.45) is 0.918. The van der Waals surface area contributed by atoms with Crippen LogP contribution < -0.4 is 4.90 Å². The lowest BCUT2D eigenvalue weighted by atomic mass is 10.1. The first-order valence-electron chi connectivity index (χ1n) is 4.95. The smallest absolute Gasteiger partial charge is 0.139 e. The monoisotopic (exact) mass is 199 g/mol. The fourth-order valence-corrected chi connectivity index (χ4v) is 1.75. The van der Waals surface area contributed by atoms with Crippen LogP contribution in [0.5, 0.6) is 0 Å². The first kappa shape index (κ1) is 9.71. The lowest BCUT2D eigenvalue weighted by molar-refractivity contribution is -0.106. The number of carbonyl (C=O) groups excluding carboxylic acids is 1. The Kier molecular flexibility index (Phi) is 2.68. The van der Waals surface area contributed by atoms with Crippen molar-refractivity contribution < 1.29 is 4.79 Å². The predicted molar refractivity (Wildman–Crippen MR) is 63.3 cm³/mol. The Morgan fingerprint density at radius 3 is 2.67 bits per heavy atom. The second kappa shape index (κ2) is 4.13. The minimum Gasteiger partial charge on any atom is -0.367 e. The van der Waals surface area contributed by atoms with Crippen LogP contribution in [0.2, 0.25) is 0 Å².